The summed E-state index contributed by atoms with van der Waals surface area (Å²) in [6.45, 7) is 8.67. The standard InChI is InChI=1S/C13H21N4O6/c1-8(14)11(18)21-5-17(4,6-22-12(19)9(2)15)7-23-13(20)10(3)16/h1-3,5-7,14-16H2,4H3/q+1. The number of ether oxygens (including phenoxy) is 3. The zero-order chi connectivity index (χ0) is 18.2. The highest BCUT2D eigenvalue weighted by atomic mass is 16.6. The molecule has 0 spiro atoms. The van der Waals surface area contributed by atoms with Gasteiger partial charge in [-0.1, -0.05) is 19.7 Å². The van der Waals surface area contributed by atoms with Crippen LogP contribution < -0.4 is 17.2 Å². The number of hydrogen-bond acceptors (Lipinski definition) is 9. The summed E-state index contributed by atoms with van der Waals surface area (Å²) < 4.78 is 14.3. The summed E-state index contributed by atoms with van der Waals surface area (Å²) in [6.07, 6.45) is 0. The van der Waals surface area contributed by atoms with E-state index in [1.54, 1.807) is 0 Å². The van der Waals surface area contributed by atoms with Crippen LogP contribution in [0.4, 0.5) is 0 Å². The van der Waals surface area contributed by atoms with E-state index >= 15 is 0 Å². The summed E-state index contributed by atoms with van der Waals surface area (Å²) in [5.74, 6) is -2.59. The number of rotatable bonds is 9. The van der Waals surface area contributed by atoms with E-state index in [4.69, 9.17) is 31.4 Å². The predicted molar refractivity (Wildman–Crippen MR) is 79.0 cm³/mol. The zero-order valence-corrected chi connectivity index (χ0v) is 12.9. The predicted octanol–water partition coefficient (Wildman–Crippen LogP) is -1.65. The monoisotopic (exact) mass is 329 g/mol. The van der Waals surface area contributed by atoms with Crippen molar-refractivity contribution in [1.82, 2.24) is 0 Å². The molecule has 0 aromatic carbocycles. The van der Waals surface area contributed by atoms with Crippen molar-refractivity contribution in [2.75, 3.05) is 27.2 Å². The molecule has 6 N–H and O–H groups in total. The molecule has 0 saturated heterocycles. The summed E-state index contributed by atoms with van der Waals surface area (Å²) >= 11 is 0. The number of nitrogens with zero attached hydrogens (tertiary/aromatic N) is 1. The average Bonchev–Trinajstić information content (AvgIpc) is 2.47. The highest BCUT2D eigenvalue weighted by molar-refractivity contribution is 5.87. The Morgan fingerprint density at radius 2 is 0.957 bits per heavy atom. The van der Waals surface area contributed by atoms with Crippen LogP contribution in [0.1, 0.15) is 0 Å². The Balaban J connectivity index is 4.87. The van der Waals surface area contributed by atoms with Gasteiger partial charge in [0, 0.05) is 0 Å². The van der Waals surface area contributed by atoms with Crippen molar-refractivity contribution >= 4 is 17.9 Å². The number of quaternary nitrogens is 1. The second kappa shape index (κ2) is 8.44. The van der Waals surface area contributed by atoms with Gasteiger partial charge in [0.25, 0.3) is 0 Å². The molecule has 0 heterocycles. The van der Waals surface area contributed by atoms with Gasteiger partial charge in [-0.15, -0.1) is 0 Å². The fourth-order valence-corrected chi connectivity index (χ4v) is 1.03. The molecule has 10 nitrogen and oxygen atoms in total. The molecule has 0 bridgehead atoms. The third-order valence-electron chi connectivity index (χ3n) is 2.31. The lowest BCUT2D eigenvalue weighted by molar-refractivity contribution is -0.955. The third kappa shape index (κ3) is 7.52. The van der Waals surface area contributed by atoms with Gasteiger partial charge in [0.15, 0.2) is 0 Å². The van der Waals surface area contributed by atoms with E-state index < -0.39 is 17.9 Å². The lowest BCUT2D eigenvalue weighted by atomic mass is 10.5. The third-order valence-corrected chi connectivity index (χ3v) is 2.31. The van der Waals surface area contributed by atoms with E-state index in [2.05, 4.69) is 19.7 Å². The van der Waals surface area contributed by atoms with Crippen molar-refractivity contribution in [3.8, 4) is 0 Å². The number of nitrogens with two attached hydrogens (primary N) is 3. The van der Waals surface area contributed by atoms with Gasteiger partial charge in [-0.3, -0.25) is 0 Å². The fourth-order valence-electron chi connectivity index (χ4n) is 1.03. The Kier molecular flexibility index (Phi) is 7.33. The van der Waals surface area contributed by atoms with Gasteiger partial charge in [0.05, 0.1) is 7.05 Å². The van der Waals surface area contributed by atoms with Gasteiger partial charge in [0.2, 0.25) is 20.2 Å². The minimum absolute atomic E-state index is 0.309. The van der Waals surface area contributed by atoms with E-state index in [0.29, 0.717) is 0 Å². The van der Waals surface area contributed by atoms with Crippen molar-refractivity contribution in [2.45, 2.75) is 0 Å². The summed E-state index contributed by atoms with van der Waals surface area (Å²) in [5.41, 5.74) is 14.6. The quantitative estimate of drug-likeness (QED) is 0.148. The maximum Gasteiger partial charge on any atom is 0.357 e. The first kappa shape index (κ1) is 20.0. The Morgan fingerprint density at radius 3 is 1.13 bits per heavy atom. The molecular weight excluding hydrogens is 308 g/mol. The Bertz CT molecular complexity index is 469. The highest BCUT2D eigenvalue weighted by Gasteiger charge is 2.28. The number of esters is 3. The molecule has 0 atom stereocenters. The number of hydrogen-bond donors (Lipinski definition) is 3. The summed E-state index contributed by atoms with van der Waals surface area (Å²) in [4.78, 5) is 34.0. The zero-order valence-electron chi connectivity index (χ0n) is 12.9. The number of carbonyl (C=O) groups excluding carboxylic acids is 3. The molecule has 10 heteroatoms. The average molecular weight is 329 g/mol. The van der Waals surface area contributed by atoms with Crippen LogP contribution in [0.3, 0.4) is 0 Å². The van der Waals surface area contributed by atoms with Gasteiger partial charge in [-0.05, 0) is 0 Å². The van der Waals surface area contributed by atoms with E-state index in [1.807, 2.05) is 0 Å². The summed E-state index contributed by atoms with van der Waals surface area (Å²) in [6, 6.07) is 0. The first-order chi connectivity index (χ1) is 10.5. The lowest BCUT2D eigenvalue weighted by Crippen LogP contribution is -2.50. The molecule has 0 unspecified atom stereocenters. The smallest absolute Gasteiger partial charge is 0.357 e. The second-order valence-corrected chi connectivity index (χ2v) is 4.88. The second-order valence-electron chi connectivity index (χ2n) is 4.88. The van der Waals surface area contributed by atoms with Crippen molar-refractivity contribution in [2.24, 2.45) is 17.2 Å². The van der Waals surface area contributed by atoms with Crippen LogP contribution in [-0.2, 0) is 28.6 Å². The van der Waals surface area contributed by atoms with E-state index in [0.717, 1.165) is 0 Å². The van der Waals surface area contributed by atoms with Crippen LogP contribution in [0.2, 0.25) is 0 Å². The molecule has 0 aromatic rings. The molecule has 0 amide bonds. The number of carbonyl (C=O) groups is 3. The van der Waals surface area contributed by atoms with Gasteiger partial charge in [-0.25, -0.2) is 18.9 Å². The lowest BCUT2D eigenvalue weighted by Gasteiger charge is -2.31. The molecule has 0 aliphatic rings. The summed E-state index contributed by atoms with van der Waals surface area (Å²) in [7, 11) is 1.48. The molecular formula is C13H21N4O6+. The molecule has 0 saturated carbocycles. The van der Waals surface area contributed by atoms with Crippen molar-refractivity contribution in [1.29, 1.82) is 0 Å². The van der Waals surface area contributed by atoms with E-state index in [-0.39, 0.29) is 41.8 Å². The van der Waals surface area contributed by atoms with Crippen LogP contribution in [0.5, 0.6) is 0 Å². The van der Waals surface area contributed by atoms with Crippen LogP contribution in [0.25, 0.3) is 0 Å². The Labute approximate surface area is 133 Å². The molecule has 23 heavy (non-hydrogen) atoms. The topological polar surface area (TPSA) is 157 Å². The van der Waals surface area contributed by atoms with Crippen LogP contribution in [0.15, 0.2) is 36.8 Å². The van der Waals surface area contributed by atoms with Crippen LogP contribution in [0, 0.1) is 0 Å². The minimum atomic E-state index is -0.863. The van der Waals surface area contributed by atoms with E-state index in [1.165, 1.54) is 7.05 Å². The van der Waals surface area contributed by atoms with Crippen molar-refractivity contribution in [3.05, 3.63) is 36.8 Å². The molecule has 0 radical (unpaired) electrons. The molecule has 0 aliphatic carbocycles. The van der Waals surface area contributed by atoms with Crippen molar-refractivity contribution < 1.29 is 33.1 Å². The fraction of sp³-hybridized carbons (Fsp3) is 0.308. The van der Waals surface area contributed by atoms with Gasteiger partial charge >= 0.3 is 17.9 Å². The molecule has 0 rings (SSSR count). The van der Waals surface area contributed by atoms with Crippen LogP contribution >= 0.6 is 0 Å². The van der Waals surface area contributed by atoms with Crippen molar-refractivity contribution in [3.63, 3.8) is 0 Å². The molecule has 0 fully saturated rings. The summed E-state index contributed by atoms with van der Waals surface area (Å²) in [5, 5.41) is 0. The SMILES string of the molecule is C=C(N)C(=O)OC[N+](C)(COC(=O)C(=C)N)COC(=O)C(=C)N. The molecule has 0 aliphatic heterocycles. The van der Waals surface area contributed by atoms with Gasteiger partial charge < -0.3 is 31.4 Å². The Hall–Kier alpha value is -3.01. The first-order valence-corrected chi connectivity index (χ1v) is 6.16. The minimum Gasteiger partial charge on any atom is -0.410 e. The highest BCUT2D eigenvalue weighted by Crippen LogP contribution is 2.07. The van der Waals surface area contributed by atoms with E-state index in [9.17, 15) is 14.4 Å². The Morgan fingerprint density at radius 1 is 0.739 bits per heavy atom. The maximum absolute atomic E-state index is 11.3. The normalized spacial score (nSPS) is 10.3. The molecule has 128 valence electrons. The van der Waals surface area contributed by atoms with Crippen LogP contribution in [-0.4, -0.2) is 49.6 Å². The molecule has 0 aromatic heterocycles. The largest absolute Gasteiger partial charge is 0.410 e. The maximum atomic E-state index is 11.3. The van der Waals surface area contributed by atoms with Gasteiger partial charge in [-0.2, -0.15) is 0 Å². The first-order valence-electron chi connectivity index (χ1n) is 6.16. The van der Waals surface area contributed by atoms with Gasteiger partial charge in [0.1, 0.15) is 17.1 Å².